The van der Waals surface area contributed by atoms with E-state index in [4.69, 9.17) is 21.4 Å². The average molecular weight is 481 g/mol. The lowest BCUT2D eigenvalue weighted by molar-refractivity contribution is -0.133. The third kappa shape index (κ3) is 6.26. The summed E-state index contributed by atoms with van der Waals surface area (Å²) in [6, 6.07) is 7.83. The molecule has 0 fully saturated rings. The first-order valence-electron chi connectivity index (χ1n) is 9.97. The van der Waals surface area contributed by atoms with Crippen molar-refractivity contribution in [3.63, 3.8) is 0 Å². The number of rotatable bonds is 11. The molecule has 1 aromatic carbocycles. The molecule has 172 valence electrons. The normalized spacial score (nSPS) is 15.4. The van der Waals surface area contributed by atoms with E-state index in [-0.39, 0.29) is 31.5 Å². The van der Waals surface area contributed by atoms with Crippen LogP contribution in [0.2, 0.25) is 5.02 Å². The largest absolute Gasteiger partial charge is 0.458 e. The van der Waals surface area contributed by atoms with E-state index in [2.05, 4.69) is 10.4 Å². The molecule has 2 heterocycles. The molecule has 2 atom stereocenters. The number of halogens is 1. The van der Waals surface area contributed by atoms with Gasteiger partial charge in [0.05, 0.1) is 30.8 Å². The van der Waals surface area contributed by atoms with Crippen molar-refractivity contribution in [2.75, 3.05) is 30.5 Å². The van der Waals surface area contributed by atoms with Crippen LogP contribution in [0.3, 0.4) is 0 Å². The molecule has 1 aliphatic rings. The number of anilines is 1. The molecule has 0 bridgehead atoms. The van der Waals surface area contributed by atoms with Crippen molar-refractivity contribution in [2.24, 2.45) is 0 Å². The Kier molecular flexibility index (Phi) is 8.57. The molecule has 1 aromatic heterocycles. The minimum Gasteiger partial charge on any atom is -0.458 e. The summed E-state index contributed by atoms with van der Waals surface area (Å²) in [6.07, 6.45) is 4.39. The second-order valence-corrected chi connectivity index (χ2v) is 8.55. The van der Waals surface area contributed by atoms with Crippen LogP contribution in [0.15, 0.2) is 48.4 Å². The van der Waals surface area contributed by atoms with E-state index in [1.54, 1.807) is 48.3 Å². The number of carbonyl (C=O) groups is 2. The van der Waals surface area contributed by atoms with E-state index < -0.39 is 12.1 Å². The van der Waals surface area contributed by atoms with Crippen molar-refractivity contribution in [1.29, 1.82) is 0 Å². The van der Waals surface area contributed by atoms with Crippen LogP contribution < -0.4 is 10.1 Å². The number of thioether (sulfide) groups is 1. The van der Waals surface area contributed by atoms with Crippen LogP contribution in [0.1, 0.15) is 6.42 Å². The molecule has 2 amide bonds. The van der Waals surface area contributed by atoms with Crippen molar-refractivity contribution >= 4 is 41.0 Å². The molecule has 1 aliphatic heterocycles. The van der Waals surface area contributed by atoms with Crippen LogP contribution in [0.4, 0.5) is 5.82 Å². The average Bonchev–Trinajstić information content (AvgIpc) is 3.36. The molecule has 0 radical (unpaired) electrons. The van der Waals surface area contributed by atoms with Gasteiger partial charge in [-0.3, -0.25) is 14.3 Å². The maximum atomic E-state index is 13.0. The van der Waals surface area contributed by atoms with Gasteiger partial charge in [0, 0.05) is 18.3 Å². The summed E-state index contributed by atoms with van der Waals surface area (Å²) in [5.74, 6) is 1.14. The topological polar surface area (TPSA) is 117 Å². The molecule has 11 heteroatoms. The number of aromatic nitrogens is 2. The van der Waals surface area contributed by atoms with E-state index in [1.807, 2.05) is 6.26 Å². The molecule has 2 aromatic rings. The van der Waals surface area contributed by atoms with Crippen LogP contribution in [-0.2, 0) is 16.1 Å². The lowest BCUT2D eigenvalue weighted by Gasteiger charge is -2.26. The Balaban J connectivity index is 1.67. The van der Waals surface area contributed by atoms with Gasteiger partial charge in [-0.25, -0.2) is 0 Å². The minimum absolute atomic E-state index is 0.0968. The van der Waals surface area contributed by atoms with Crippen molar-refractivity contribution in [3.8, 4) is 5.75 Å². The van der Waals surface area contributed by atoms with Crippen molar-refractivity contribution in [3.05, 3.63) is 53.4 Å². The van der Waals surface area contributed by atoms with E-state index in [0.29, 0.717) is 34.5 Å². The first-order valence-corrected chi connectivity index (χ1v) is 11.7. The Hall–Kier alpha value is -2.53. The molecular weight excluding hydrogens is 456 g/mol. The maximum absolute atomic E-state index is 13.0. The predicted octanol–water partition coefficient (Wildman–Crippen LogP) is 1.75. The summed E-state index contributed by atoms with van der Waals surface area (Å²) < 4.78 is 7.20. The zero-order chi connectivity index (χ0) is 23.1. The summed E-state index contributed by atoms with van der Waals surface area (Å²) in [6.45, 7) is -0.145. The monoisotopic (exact) mass is 480 g/mol. The van der Waals surface area contributed by atoms with Gasteiger partial charge in [0.15, 0.2) is 5.82 Å². The fourth-order valence-corrected chi connectivity index (χ4v) is 3.81. The van der Waals surface area contributed by atoms with Crippen LogP contribution >= 0.6 is 23.4 Å². The highest BCUT2D eigenvalue weighted by Crippen LogP contribution is 2.27. The first kappa shape index (κ1) is 24.1. The number of nitrogens with zero attached hydrogens (tertiary/aromatic N) is 3. The highest BCUT2D eigenvalue weighted by molar-refractivity contribution is 7.98. The Morgan fingerprint density at radius 3 is 2.88 bits per heavy atom. The number of benzene rings is 1. The predicted molar refractivity (Wildman–Crippen MR) is 123 cm³/mol. The van der Waals surface area contributed by atoms with Crippen LogP contribution in [0.5, 0.6) is 5.75 Å². The third-order valence-corrected chi connectivity index (χ3v) is 5.70. The van der Waals surface area contributed by atoms with E-state index in [1.165, 1.54) is 15.7 Å². The smallest absolute Gasteiger partial charge is 0.251 e. The molecule has 0 aliphatic carbocycles. The van der Waals surface area contributed by atoms with Crippen molar-refractivity contribution < 1.29 is 24.5 Å². The summed E-state index contributed by atoms with van der Waals surface area (Å²) in [7, 11) is 0. The summed E-state index contributed by atoms with van der Waals surface area (Å²) >= 11 is 7.71. The van der Waals surface area contributed by atoms with Gasteiger partial charge in [-0.05, 0) is 30.6 Å². The van der Waals surface area contributed by atoms with E-state index in [9.17, 15) is 14.7 Å². The number of para-hydroxylation sites is 1. The van der Waals surface area contributed by atoms with Gasteiger partial charge in [0.2, 0.25) is 5.91 Å². The quantitative estimate of drug-likeness (QED) is 0.448. The first-order chi connectivity index (χ1) is 15.4. The zero-order valence-electron chi connectivity index (χ0n) is 17.5. The number of nitrogens with one attached hydrogen (secondary N) is 1. The molecular formula is C21H25ClN4O5S. The Bertz CT molecular complexity index is 983. The minimum atomic E-state index is -0.947. The second-order valence-electron chi connectivity index (χ2n) is 7.16. The van der Waals surface area contributed by atoms with E-state index in [0.717, 1.165) is 0 Å². The summed E-state index contributed by atoms with van der Waals surface area (Å²) in [4.78, 5) is 27.1. The SMILES string of the molecule is CSCC[C@@H](C(=O)Nc1ccn(C[C@@H](O)CO)n1)N1CC(Oc2ccccc2Cl)=CC1=O. The number of aliphatic hydroxyl groups is 2. The zero-order valence-corrected chi connectivity index (χ0v) is 19.1. The highest BCUT2D eigenvalue weighted by Gasteiger charge is 2.34. The number of carbonyl (C=O) groups excluding carboxylic acids is 2. The highest BCUT2D eigenvalue weighted by atomic mass is 35.5. The lowest BCUT2D eigenvalue weighted by Crippen LogP contribution is -2.46. The van der Waals surface area contributed by atoms with Gasteiger partial charge in [-0.2, -0.15) is 16.9 Å². The fraction of sp³-hybridized carbons (Fsp3) is 0.381. The van der Waals surface area contributed by atoms with E-state index >= 15 is 0 Å². The van der Waals surface area contributed by atoms with Gasteiger partial charge >= 0.3 is 0 Å². The number of aliphatic hydroxyl groups excluding tert-OH is 2. The number of amides is 2. The van der Waals surface area contributed by atoms with Gasteiger partial charge in [-0.15, -0.1) is 0 Å². The number of ether oxygens (including phenoxy) is 1. The van der Waals surface area contributed by atoms with Gasteiger partial charge < -0.3 is 25.2 Å². The molecule has 0 unspecified atom stereocenters. The Labute approximate surface area is 195 Å². The van der Waals surface area contributed by atoms with Crippen LogP contribution in [0.25, 0.3) is 0 Å². The van der Waals surface area contributed by atoms with Crippen molar-refractivity contribution in [1.82, 2.24) is 14.7 Å². The standard InChI is InChI=1S/C21H25ClN4O5S/c1-32-9-7-17(21(30)23-19-6-8-25(24-19)11-14(28)13-27)26-12-15(10-20(26)29)31-18-5-3-2-4-16(18)22/h2-6,8,10,14,17,27-28H,7,9,11-13H2,1H3,(H,23,24,30)/t14-,17+/m1/s1. The van der Waals surface area contributed by atoms with Gasteiger partial charge in [0.25, 0.3) is 5.91 Å². The molecule has 0 saturated carbocycles. The summed E-state index contributed by atoms with van der Waals surface area (Å²) in [5.41, 5.74) is 0. The lowest BCUT2D eigenvalue weighted by atomic mass is 10.1. The van der Waals surface area contributed by atoms with Crippen molar-refractivity contribution in [2.45, 2.75) is 25.1 Å². The van der Waals surface area contributed by atoms with Gasteiger partial charge in [0.1, 0.15) is 17.6 Å². The van der Waals surface area contributed by atoms with Crippen LogP contribution in [-0.4, -0.2) is 74.0 Å². The molecule has 0 saturated heterocycles. The van der Waals surface area contributed by atoms with Gasteiger partial charge in [-0.1, -0.05) is 23.7 Å². The number of hydrogen-bond donors (Lipinski definition) is 3. The molecule has 3 N–H and O–H groups in total. The molecule has 0 spiro atoms. The Morgan fingerprint density at radius 2 is 2.16 bits per heavy atom. The second kappa shape index (κ2) is 11.4. The Morgan fingerprint density at radius 1 is 1.38 bits per heavy atom. The van der Waals surface area contributed by atoms with Crippen LogP contribution in [0, 0.1) is 0 Å². The molecule has 3 rings (SSSR count). The third-order valence-electron chi connectivity index (χ3n) is 4.75. The summed E-state index contributed by atoms with van der Waals surface area (Å²) in [5, 5.41) is 25.8. The maximum Gasteiger partial charge on any atom is 0.251 e. The number of hydrogen-bond acceptors (Lipinski definition) is 7. The fourth-order valence-electron chi connectivity index (χ4n) is 3.18. The molecule has 32 heavy (non-hydrogen) atoms. The molecule has 9 nitrogen and oxygen atoms in total.